The summed E-state index contributed by atoms with van der Waals surface area (Å²) >= 11 is 0. The van der Waals surface area contributed by atoms with Gasteiger partial charge in [0.1, 0.15) is 12.4 Å². The van der Waals surface area contributed by atoms with Gasteiger partial charge in [-0.2, -0.15) is 4.72 Å². The van der Waals surface area contributed by atoms with Gasteiger partial charge in [-0.25, -0.2) is 13.2 Å². The first-order chi connectivity index (χ1) is 13.0. The quantitative estimate of drug-likeness (QED) is 0.795. The first-order valence-electron chi connectivity index (χ1n) is 8.16. The van der Waals surface area contributed by atoms with Crippen molar-refractivity contribution in [2.75, 3.05) is 31.7 Å². The molecule has 1 heterocycles. The largest absolute Gasteiger partial charge is 0.497 e. The minimum absolute atomic E-state index is 0.0193. The van der Waals surface area contributed by atoms with E-state index >= 15 is 0 Å². The van der Waals surface area contributed by atoms with Crippen LogP contribution in [0.3, 0.4) is 0 Å². The number of anilines is 1. The molecule has 0 unspecified atom stereocenters. The topological polar surface area (TPSA) is 84.9 Å². The van der Waals surface area contributed by atoms with Gasteiger partial charge in [-0.15, -0.1) is 0 Å². The van der Waals surface area contributed by atoms with Crippen molar-refractivity contribution in [1.82, 2.24) is 4.72 Å². The number of nitrogens with zero attached hydrogens (tertiary/aromatic N) is 1. The third kappa shape index (κ3) is 4.58. The van der Waals surface area contributed by atoms with E-state index in [1.807, 2.05) is 0 Å². The number of nitrogens with one attached hydrogen (secondary N) is 1. The molecule has 8 heteroatoms. The molecule has 0 atom stereocenters. The lowest BCUT2D eigenvalue weighted by atomic mass is 10.2. The summed E-state index contributed by atoms with van der Waals surface area (Å²) in [5.41, 5.74) is 1.46. The number of hydrogen-bond acceptors (Lipinski definition) is 5. The van der Waals surface area contributed by atoms with E-state index in [1.165, 1.54) is 19.2 Å². The standard InChI is InChI=1S/C19H18N2O5S/c1-25-17-8-10-18(11-9-17)27(23,24)20-12-2-3-15-4-6-16(7-5-15)21-13-14-26-19(21)22/h4-11,20H,12-14H2,1H3. The molecule has 0 bridgehead atoms. The lowest BCUT2D eigenvalue weighted by Crippen LogP contribution is -2.24. The zero-order valence-corrected chi connectivity index (χ0v) is 15.5. The Morgan fingerprint density at radius 2 is 1.85 bits per heavy atom. The summed E-state index contributed by atoms with van der Waals surface area (Å²) in [6.45, 7) is 0.889. The normalized spacial score (nSPS) is 13.7. The van der Waals surface area contributed by atoms with Crippen molar-refractivity contribution in [3.8, 4) is 17.6 Å². The Labute approximate surface area is 157 Å². The minimum atomic E-state index is -3.63. The number of carbonyl (C=O) groups excluding carboxylic acids is 1. The van der Waals surface area contributed by atoms with Gasteiger partial charge >= 0.3 is 6.09 Å². The average molecular weight is 386 g/mol. The molecule has 0 saturated carbocycles. The number of sulfonamides is 1. The maximum atomic E-state index is 12.2. The molecule has 1 N–H and O–H groups in total. The van der Waals surface area contributed by atoms with Crippen molar-refractivity contribution in [1.29, 1.82) is 0 Å². The molecule has 3 rings (SSSR count). The van der Waals surface area contributed by atoms with Crippen LogP contribution >= 0.6 is 0 Å². The highest BCUT2D eigenvalue weighted by Crippen LogP contribution is 2.19. The fourth-order valence-corrected chi connectivity index (χ4v) is 3.39. The van der Waals surface area contributed by atoms with E-state index in [9.17, 15) is 13.2 Å². The number of amides is 1. The molecule has 140 valence electrons. The van der Waals surface area contributed by atoms with Gasteiger partial charge in [0, 0.05) is 11.3 Å². The molecule has 0 spiro atoms. The van der Waals surface area contributed by atoms with Gasteiger partial charge in [0.15, 0.2) is 0 Å². The summed E-state index contributed by atoms with van der Waals surface area (Å²) in [6, 6.07) is 13.2. The molecule has 1 amide bonds. The van der Waals surface area contributed by atoms with Crippen LogP contribution in [0.5, 0.6) is 5.75 Å². The minimum Gasteiger partial charge on any atom is -0.497 e. The SMILES string of the molecule is COc1ccc(S(=O)(=O)NCC#Cc2ccc(N3CCOC3=O)cc2)cc1. The smallest absolute Gasteiger partial charge is 0.414 e. The summed E-state index contributed by atoms with van der Waals surface area (Å²) < 4.78 is 36.7. The number of rotatable bonds is 5. The van der Waals surface area contributed by atoms with Crippen molar-refractivity contribution in [3.63, 3.8) is 0 Å². The summed E-state index contributed by atoms with van der Waals surface area (Å²) in [5, 5.41) is 0. The molecule has 1 fully saturated rings. The number of ether oxygens (including phenoxy) is 2. The van der Waals surface area contributed by atoms with Gasteiger partial charge in [0.05, 0.1) is 25.1 Å². The van der Waals surface area contributed by atoms with Gasteiger partial charge in [-0.3, -0.25) is 4.90 Å². The maximum Gasteiger partial charge on any atom is 0.414 e. The summed E-state index contributed by atoms with van der Waals surface area (Å²) in [7, 11) is -2.12. The highest BCUT2D eigenvalue weighted by atomic mass is 32.2. The van der Waals surface area contributed by atoms with Crippen LogP contribution in [0.25, 0.3) is 0 Å². The molecule has 0 radical (unpaired) electrons. The molecule has 1 saturated heterocycles. The number of methoxy groups -OCH3 is 1. The molecular formula is C19H18N2O5S. The first kappa shape index (κ1) is 18.8. The van der Waals surface area contributed by atoms with Crippen LogP contribution in [0, 0.1) is 11.8 Å². The Hall–Kier alpha value is -3.02. The molecule has 27 heavy (non-hydrogen) atoms. The van der Waals surface area contributed by atoms with E-state index in [0.717, 1.165) is 11.3 Å². The van der Waals surface area contributed by atoms with E-state index in [4.69, 9.17) is 9.47 Å². The summed E-state index contributed by atoms with van der Waals surface area (Å²) in [4.78, 5) is 13.2. The van der Waals surface area contributed by atoms with E-state index in [2.05, 4.69) is 16.6 Å². The lowest BCUT2D eigenvalue weighted by Gasteiger charge is -2.11. The Morgan fingerprint density at radius 3 is 2.44 bits per heavy atom. The van der Waals surface area contributed by atoms with Crippen molar-refractivity contribution in [2.45, 2.75) is 4.90 Å². The van der Waals surface area contributed by atoms with Crippen LogP contribution in [0.1, 0.15) is 5.56 Å². The Morgan fingerprint density at radius 1 is 1.15 bits per heavy atom. The summed E-state index contributed by atoms with van der Waals surface area (Å²) in [6.07, 6.45) is -0.359. The summed E-state index contributed by atoms with van der Waals surface area (Å²) in [5.74, 6) is 6.24. The second kappa shape index (κ2) is 8.12. The number of benzene rings is 2. The maximum absolute atomic E-state index is 12.2. The molecular weight excluding hydrogens is 368 g/mol. The van der Waals surface area contributed by atoms with E-state index in [1.54, 1.807) is 41.3 Å². The number of carbonyl (C=O) groups is 1. The van der Waals surface area contributed by atoms with Crippen LogP contribution in [0.2, 0.25) is 0 Å². The third-order valence-electron chi connectivity index (χ3n) is 3.89. The fraction of sp³-hybridized carbons (Fsp3) is 0.211. The van der Waals surface area contributed by atoms with Crippen molar-refractivity contribution >= 4 is 21.8 Å². The highest BCUT2D eigenvalue weighted by Gasteiger charge is 2.23. The van der Waals surface area contributed by atoms with Gasteiger partial charge in [-0.05, 0) is 48.5 Å². The van der Waals surface area contributed by atoms with E-state index in [-0.39, 0.29) is 17.5 Å². The predicted molar refractivity (Wildman–Crippen MR) is 100 cm³/mol. The van der Waals surface area contributed by atoms with Gasteiger partial charge in [0.25, 0.3) is 0 Å². The zero-order valence-electron chi connectivity index (χ0n) is 14.6. The predicted octanol–water partition coefficient (Wildman–Crippen LogP) is 1.98. The monoisotopic (exact) mass is 386 g/mol. The third-order valence-corrected chi connectivity index (χ3v) is 5.31. The van der Waals surface area contributed by atoms with Crippen molar-refractivity contribution in [3.05, 3.63) is 54.1 Å². The first-order valence-corrected chi connectivity index (χ1v) is 9.65. The average Bonchev–Trinajstić information content (AvgIpc) is 3.12. The lowest BCUT2D eigenvalue weighted by molar-refractivity contribution is 0.181. The molecule has 0 aromatic heterocycles. The second-order valence-electron chi connectivity index (χ2n) is 5.61. The number of hydrogen-bond donors (Lipinski definition) is 1. The Kier molecular flexibility index (Phi) is 5.64. The molecule has 2 aromatic rings. The fourth-order valence-electron chi connectivity index (χ4n) is 2.47. The Balaban J connectivity index is 1.59. The van der Waals surface area contributed by atoms with Crippen LogP contribution in [0.4, 0.5) is 10.5 Å². The van der Waals surface area contributed by atoms with Crippen molar-refractivity contribution < 1.29 is 22.7 Å². The molecule has 1 aliphatic rings. The van der Waals surface area contributed by atoms with Crippen LogP contribution in [-0.2, 0) is 14.8 Å². The van der Waals surface area contributed by atoms with E-state index < -0.39 is 10.0 Å². The van der Waals surface area contributed by atoms with Gasteiger partial charge in [-0.1, -0.05) is 11.8 Å². The number of cyclic esters (lactones) is 1. The van der Waals surface area contributed by atoms with Crippen LogP contribution in [-0.4, -0.2) is 41.3 Å². The molecule has 2 aromatic carbocycles. The van der Waals surface area contributed by atoms with Crippen LogP contribution in [0.15, 0.2) is 53.4 Å². The van der Waals surface area contributed by atoms with Crippen molar-refractivity contribution in [2.24, 2.45) is 0 Å². The molecule has 7 nitrogen and oxygen atoms in total. The second-order valence-corrected chi connectivity index (χ2v) is 7.38. The van der Waals surface area contributed by atoms with Gasteiger partial charge < -0.3 is 9.47 Å². The Bertz CT molecular complexity index is 974. The molecule has 0 aliphatic carbocycles. The van der Waals surface area contributed by atoms with Gasteiger partial charge in [0.2, 0.25) is 10.0 Å². The van der Waals surface area contributed by atoms with E-state index in [0.29, 0.717) is 18.9 Å². The molecule has 1 aliphatic heterocycles. The highest BCUT2D eigenvalue weighted by molar-refractivity contribution is 7.89. The van der Waals surface area contributed by atoms with Crippen LogP contribution < -0.4 is 14.4 Å². The zero-order chi connectivity index (χ0) is 19.3.